The quantitative estimate of drug-likeness (QED) is 0.507. The Bertz CT molecular complexity index is 924. The molecule has 158 valence electrons. The van der Waals surface area contributed by atoms with Crippen molar-refractivity contribution in [2.45, 2.75) is 46.2 Å². The monoisotopic (exact) mass is 406 g/mol. The molecule has 0 saturated heterocycles. The predicted octanol–water partition coefficient (Wildman–Crippen LogP) is 6.21. The lowest BCUT2D eigenvalue weighted by Crippen LogP contribution is -2.34. The van der Waals surface area contributed by atoms with E-state index < -0.39 is 0 Å². The molecule has 0 aliphatic rings. The van der Waals surface area contributed by atoms with Crippen molar-refractivity contribution in [3.05, 3.63) is 83.8 Å². The molecule has 0 radical (unpaired) electrons. The molecule has 30 heavy (non-hydrogen) atoms. The number of nitrogens with zero attached hydrogens (tertiary/aromatic N) is 1. The maximum atomic E-state index is 13.0. The van der Waals surface area contributed by atoms with E-state index in [1.807, 2.05) is 43.3 Å². The zero-order chi connectivity index (χ0) is 21.6. The van der Waals surface area contributed by atoms with Crippen LogP contribution < -0.4 is 10.1 Å². The van der Waals surface area contributed by atoms with Gasteiger partial charge in [0.2, 0.25) is 0 Å². The molecule has 0 fully saturated rings. The van der Waals surface area contributed by atoms with Crippen LogP contribution in [-0.4, -0.2) is 17.5 Å². The molecular weight excluding hydrogens is 376 g/mol. The molecule has 0 saturated carbocycles. The molecule has 3 rings (SSSR count). The first-order chi connectivity index (χ1) is 14.3. The van der Waals surface area contributed by atoms with Crippen LogP contribution in [0.3, 0.4) is 0 Å². The Hall–Kier alpha value is -3.21. The number of anilines is 1. The molecule has 5 heteroatoms. The summed E-state index contributed by atoms with van der Waals surface area (Å²) in [5, 5.41) is 2.97. The van der Waals surface area contributed by atoms with Crippen LogP contribution in [0.1, 0.15) is 44.6 Å². The van der Waals surface area contributed by atoms with E-state index in [0.29, 0.717) is 19.7 Å². The summed E-state index contributed by atoms with van der Waals surface area (Å²) in [5.41, 5.74) is 3.15. The first kappa shape index (κ1) is 21.5. The van der Waals surface area contributed by atoms with Crippen molar-refractivity contribution < 1.29 is 13.9 Å². The van der Waals surface area contributed by atoms with Crippen LogP contribution in [0, 0.1) is 0 Å². The Morgan fingerprint density at radius 3 is 2.27 bits per heavy atom. The molecule has 2 amide bonds. The van der Waals surface area contributed by atoms with Gasteiger partial charge in [0.15, 0.2) is 0 Å². The van der Waals surface area contributed by atoms with Crippen LogP contribution >= 0.6 is 0 Å². The Kier molecular flexibility index (Phi) is 6.83. The topological polar surface area (TPSA) is 54.7 Å². The zero-order valence-corrected chi connectivity index (χ0v) is 18.1. The number of nitrogens with one attached hydrogen (secondary N) is 1. The first-order valence-electron chi connectivity index (χ1n) is 10.3. The van der Waals surface area contributed by atoms with Gasteiger partial charge in [-0.05, 0) is 59.9 Å². The van der Waals surface area contributed by atoms with E-state index >= 15 is 0 Å². The molecule has 1 heterocycles. The van der Waals surface area contributed by atoms with Crippen molar-refractivity contribution in [1.29, 1.82) is 0 Å². The molecule has 0 aliphatic carbocycles. The summed E-state index contributed by atoms with van der Waals surface area (Å²) in [7, 11) is 0. The van der Waals surface area contributed by atoms with Crippen molar-refractivity contribution in [2.75, 3.05) is 11.9 Å². The van der Waals surface area contributed by atoms with Crippen molar-refractivity contribution in [2.24, 2.45) is 0 Å². The smallest absolute Gasteiger partial charge is 0.322 e. The first-order valence-corrected chi connectivity index (χ1v) is 10.3. The Morgan fingerprint density at radius 1 is 1.00 bits per heavy atom. The van der Waals surface area contributed by atoms with E-state index in [4.69, 9.17) is 9.15 Å². The highest BCUT2D eigenvalue weighted by molar-refractivity contribution is 5.89. The number of ether oxygens (including phenoxy) is 1. The third-order valence-corrected chi connectivity index (χ3v) is 4.82. The van der Waals surface area contributed by atoms with Crippen LogP contribution in [0.5, 0.6) is 5.75 Å². The van der Waals surface area contributed by atoms with Crippen LogP contribution in [0.4, 0.5) is 10.5 Å². The molecule has 3 aromatic rings. The molecule has 0 unspecified atom stereocenters. The summed E-state index contributed by atoms with van der Waals surface area (Å²) >= 11 is 0. The van der Waals surface area contributed by atoms with Gasteiger partial charge < -0.3 is 19.4 Å². The number of urea groups is 1. The van der Waals surface area contributed by atoms with Gasteiger partial charge >= 0.3 is 6.03 Å². The number of hydrogen-bond donors (Lipinski definition) is 1. The summed E-state index contributed by atoms with van der Waals surface area (Å²) in [6, 6.07) is 19.3. The average molecular weight is 407 g/mol. The van der Waals surface area contributed by atoms with Gasteiger partial charge in [-0.15, -0.1) is 0 Å². The number of furan rings is 1. The Balaban J connectivity index is 1.73. The van der Waals surface area contributed by atoms with Crippen LogP contribution in [0.25, 0.3) is 0 Å². The van der Waals surface area contributed by atoms with Crippen LogP contribution in [0.2, 0.25) is 0 Å². The van der Waals surface area contributed by atoms with Crippen molar-refractivity contribution in [3.63, 3.8) is 0 Å². The van der Waals surface area contributed by atoms with Crippen LogP contribution in [-0.2, 0) is 18.5 Å². The lowest BCUT2D eigenvalue weighted by Gasteiger charge is -2.23. The second kappa shape index (κ2) is 9.53. The molecular formula is C25H30N2O3. The normalized spacial score (nSPS) is 11.2. The molecule has 0 aliphatic heterocycles. The van der Waals surface area contributed by atoms with E-state index in [1.54, 1.807) is 11.2 Å². The largest absolute Gasteiger partial charge is 0.494 e. The van der Waals surface area contributed by atoms with Crippen molar-refractivity contribution >= 4 is 11.7 Å². The second-order valence-electron chi connectivity index (χ2n) is 8.27. The minimum absolute atomic E-state index is 0.0947. The summed E-state index contributed by atoms with van der Waals surface area (Å²) in [4.78, 5) is 14.8. The van der Waals surface area contributed by atoms with Gasteiger partial charge in [-0.3, -0.25) is 0 Å². The fourth-order valence-corrected chi connectivity index (χ4v) is 3.12. The third-order valence-electron chi connectivity index (χ3n) is 4.82. The van der Waals surface area contributed by atoms with E-state index in [0.717, 1.165) is 22.8 Å². The summed E-state index contributed by atoms with van der Waals surface area (Å²) < 4.78 is 10.9. The molecule has 0 bridgehead atoms. The van der Waals surface area contributed by atoms with Gasteiger partial charge in [-0.25, -0.2) is 4.79 Å². The zero-order valence-electron chi connectivity index (χ0n) is 18.1. The minimum Gasteiger partial charge on any atom is -0.494 e. The molecule has 1 aromatic heterocycles. The fraction of sp³-hybridized carbons (Fsp3) is 0.320. The van der Waals surface area contributed by atoms with Crippen LogP contribution in [0.15, 0.2) is 71.3 Å². The van der Waals surface area contributed by atoms with Gasteiger partial charge in [0.25, 0.3) is 0 Å². The molecule has 5 nitrogen and oxygen atoms in total. The van der Waals surface area contributed by atoms with Gasteiger partial charge in [0.05, 0.1) is 19.4 Å². The van der Waals surface area contributed by atoms with E-state index in [2.05, 4.69) is 50.4 Å². The second-order valence-corrected chi connectivity index (χ2v) is 8.27. The molecule has 0 atom stereocenters. The molecule has 0 spiro atoms. The Morgan fingerprint density at radius 2 is 1.70 bits per heavy atom. The molecule has 2 aromatic carbocycles. The SMILES string of the molecule is CCOc1ccc(NC(=O)N(Cc2ccc(C(C)(C)C)cc2)Cc2ccco2)cc1. The fourth-order valence-electron chi connectivity index (χ4n) is 3.12. The number of amides is 2. The lowest BCUT2D eigenvalue weighted by atomic mass is 9.87. The number of hydrogen-bond acceptors (Lipinski definition) is 3. The minimum atomic E-state index is -0.185. The summed E-state index contributed by atoms with van der Waals surface area (Å²) in [5.74, 6) is 1.52. The third kappa shape index (κ3) is 5.89. The maximum Gasteiger partial charge on any atom is 0.322 e. The lowest BCUT2D eigenvalue weighted by molar-refractivity contribution is 0.201. The number of carbonyl (C=O) groups is 1. The average Bonchev–Trinajstić information content (AvgIpc) is 3.22. The summed E-state index contributed by atoms with van der Waals surface area (Å²) in [6.07, 6.45) is 1.62. The van der Waals surface area contributed by atoms with E-state index in [9.17, 15) is 4.79 Å². The van der Waals surface area contributed by atoms with Gasteiger partial charge in [-0.1, -0.05) is 45.0 Å². The molecule has 1 N–H and O–H groups in total. The van der Waals surface area contributed by atoms with Crippen molar-refractivity contribution in [1.82, 2.24) is 4.90 Å². The number of benzene rings is 2. The van der Waals surface area contributed by atoms with E-state index in [-0.39, 0.29) is 11.4 Å². The Labute approximate surface area is 178 Å². The standard InChI is InChI=1S/C25H30N2O3/c1-5-29-22-14-12-21(13-15-22)26-24(28)27(18-23-7-6-16-30-23)17-19-8-10-20(11-9-19)25(2,3)4/h6-16H,5,17-18H2,1-4H3,(H,26,28). The number of carbonyl (C=O) groups excluding carboxylic acids is 1. The highest BCUT2D eigenvalue weighted by atomic mass is 16.5. The summed E-state index contributed by atoms with van der Waals surface area (Å²) in [6.45, 7) is 9.98. The predicted molar refractivity (Wildman–Crippen MR) is 120 cm³/mol. The van der Waals surface area contributed by atoms with Gasteiger partial charge in [0.1, 0.15) is 11.5 Å². The van der Waals surface area contributed by atoms with E-state index in [1.165, 1.54) is 5.56 Å². The highest BCUT2D eigenvalue weighted by Gasteiger charge is 2.18. The maximum absolute atomic E-state index is 13.0. The van der Waals surface area contributed by atoms with Gasteiger partial charge in [-0.2, -0.15) is 0 Å². The van der Waals surface area contributed by atoms with Gasteiger partial charge in [0, 0.05) is 12.2 Å². The highest BCUT2D eigenvalue weighted by Crippen LogP contribution is 2.23. The number of rotatable bonds is 7. The van der Waals surface area contributed by atoms with Crippen molar-refractivity contribution in [3.8, 4) is 5.75 Å².